The number of rotatable bonds is 8. The molecule has 3 heterocycles. The number of anilines is 1. The number of benzene rings is 1. The molecule has 1 unspecified atom stereocenters. The summed E-state index contributed by atoms with van der Waals surface area (Å²) >= 11 is 0. The third-order valence-electron chi connectivity index (χ3n) is 5.34. The summed E-state index contributed by atoms with van der Waals surface area (Å²) in [6.07, 6.45) is 4.27. The lowest BCUT2D eigenvalue weighted by Crippen LogP contribution is -2.44. The zero-order valence-electron chi connectivity index (χ0n) is 19.2. The summed E-state index contributed by atoms with van der Waals surface area (Å²) in [5.41, 5.74) is 1.94. The molecule has 0 amide bonds. The molecule has 4 rings (SSSR count). The summed E-state index contributed by atoms with van der Waals surface area (Å²) in [5.74, 6) is 1.65. The van der Waals surface area contributed by atoms with Gasteiger partial charge < -0.3 is 20.3 Å². The lowest BCUT2D eigenvalue weighted by atomic mass is 10.2. The van der Waals surface area contributed by atoms with Crippen molar-refractivity contribution in [2.45, 2.75) is 32.5 Å². The van der Waals surface area contributed by atoms with Crippen molar-refractivity contribution >= 4 is 35.8 Å². The maximum Gasteiger partial charge on any atom is 0.191 e. The van der Waals surface area contributed by atoms with Crippen LogP contribution in [0.1, 0.15) is 24.6 Å². The molecule has 1 fully saturated rings. The van der Waals surface area contributed by atoms with Gasteiger partial charge in [-0.05, 0) is 55.3 Å². The predicted molar refractivity (Wildman–Crippen MR) is 143 cm³/mol. The fourth-order valence-corrected chi connectivity index (χ4v) is 3.74. The van der Waals surface area contributed by atoms with Crippen LogP contribution < -0.4 is 20.3 Å². The van der Waals surface area contributed by atoms with Crippen LogP contribution in [0.3, 0.4) is 0 Å². The summed E-state index contributed by atoms with van der Waals surface area (Å²) in [6, 6.07) is 16.9. The molecule has 2 aromatic heterocycles. The number of halogens is 2. The van der Waals surface area contributed by atoms with Gasteiger partial charge in [0.1, 0.15) is 12.4 Å². The molecule has 2 N–H and O–H groups in total. The Morgan fingerprint density at radius 3 is 2.82 bits per heavy atom. The van der Waals surface area contributed by atoms with E-state index >= 15 is 0 Å². The molecule has 9 heteroatoms. The van der Waals surface area contributed by atoms with Gasteiger partial charge in [-0.2, -0.15) is 0 Å². The Morgan fingerprint density at radius 1 is 1.15 bits per heavy atom. The van der Waals surface area contributed by atoms with Gasteiger partial charge in [0.15, 0.2) is 17.6 Å². The summed E-state index contributed by atoms with van der Waals surface area (Å²) in [7, 11) is 0. The van der Waals surface area contributed by atoms with Crippen molar-refractivity contribution in [1.82, 2.24) is 20.6 Å². The molecule has 1 aliphatic rings. The molecule has 1 saturated heterocycles. The number of ether oxygens (including phenoxy) is 1. The van der Waals surface area contributed by atoms with E-state index in [1.54, 1.807) is 18.5 Å². The Balaban J connectivity index is 0.00000324. The lowest BCUT2D eigenvalue weighted by Gasteiger charge is -2.20. The summed E-state index contributed by atoms with van der Waals surface area (Å²) in [4.78, 5) is 15.2. The Morgan fingerprint density at radius 2 is 2.03 bits per heavy atom. The fraction of sp³-hybridized carbons (Fsp3) is 0.320. The van der Waals surface area contributed by atoms with Crippen LogP contribution in [0, 0.1) is 5.82 Å². The second-order valence-electron chi connectivity index (χ2n) is 7.84. The van der Waals surface area contributed by atoms with Gasteiger partial charge in [0.05, 0.1) is 12.2 Å². The fourth-order valence-electron chi connectivity index (χ4n) is 3.74. The summed E-state index contributed by atoms with van der Waals surface area (Å²) in [5, 5.41) is 6.77. The van der Waals surface area contributed by atoms with Gasteiger partial charge in [0, 0.05) is 38.1 Å². The van der Waals surface area contributed by atoms with E-state index in [1.807, 2.05) is 54.3 Å². The van der Waals surface area contributed by atoms with E-state index in [1.165, 1.54) is 6.07 Å². The van der Waals surface area contributed by atoms with E-state index in [-0.39, 0.29) is 35.8 Å². The zero-order valence-corrected chi connectivity index (χ0v) is 21.5. The van der Waals surface area contributed by atoms with Crippen molar-refractivity contribution in [3.05, 3.63) is 84.1 Å². The molecule has 7 nitrogen and oxygen atoms in total. The number of hydrogen-bond acceptors (Lipinski definition) is 5. The molecule has 0 aliphatic carbocycles. The van der Waals surface area contributed by atoms with Crippen LogP contribution in [0.15, 0.2) is 72.0 Å². The normalized spacial score (nSPS) is 15.5. The molecule has 0 bridgehead atoms. The van der Waals surface area contributed by atoms with E-state index < -0.39 is 0 Å². The second-order valence-corrected chi connectivity index (χ2v) is 7.84. The van der Waals surface area contributed by atoms with Crippen molar-refractivity contribution in [2.24, 2.45) is 4.99 Å². The van der Waals surface area contributed by atoms with E-state index in [0.717, 1.165) is 42.5 Å². The van der Waals surface area contributed by atoms with Crippen LogP contribution in [0.25, 0.3) is 0 Å². The third-order valence-corrected chi connectivity index (χ3v) is 5.34. The molecule has 0 spiro atoms. The Kier molecular flexibility index (Phi) is 9.87. The number of pyridine rings is 2. The van der Waals surface area contributed by atoms with E-state index in [4.69, 9.17) is 9.73 Å². The molecular formula is C25H30FIN6O. The lowest BCUT2D eigenvalue weighted by molar-refractivity contribution is 0.301. The first-order valence-electron chi connectivity index (χ1n) is 11.2. The van der Waals surface area contributed by atoms with Gasteiger partial charge in [-0.25, -0.2) is 14.4 Å². The van der Waals surface area contributed by atoms with Gasteiger partial charge in [0.25, 0.3) is 0 Å². The maximum absolute atomic E-state index is 14.1. The Hall–Kier alpha value is -2.95. The van der Waals surface area contributed by atoms with Crippen molar-refractivity contribution in [1.29, 1.82) is 0 Å². The first kappa shape index (κ1) is 25.7. The predicted octanol–water partition coefficient (Wildman–Crippen LogP) is 4.15. The van der Waals surface area contributed by atoms with Gasteiger partial charge in [-0.3, -0.25) is 4.98 Å². The molecule has 1 aromatic carbocycles. The smallest absolute Gasteiger partial charge is 0.191 e. The van der Waals surface area contributed by atoms with Crippen LogP contribution >= 0.6 is 24.0 Å². The minimum atomic E-state index is -0.288. The van der Waals surface area contributed by atoms with Gasteiger partial charge >= 0.3 is 0 Å². The highest BCUT2D eigenvalue weighted by Gasteiger charge is 2.25. The van der Waals surface area contributed by atoms with Crippen LogP contribution in [-0.2, 0) is 13.2 Å². The van der Waals surface area contributed by atoms with Gasteiger partial charge in [0.2, 0.25) is 0 Å². The Bertz CT molecular complexity index is 1070. The summed E-state index contributed by atoms with van der Waals surface area (Å²) < 4.78 is 19.9. The van der Waals surface area contributed by atoms with Crippen molar-refractivity contribution < 1.29 is 9.13 Å². The molecular weight excluding hydrogens is 546 g/mol. The number of nitrogens with zero attached hydrogens (tertiary/aromatic N) is 4. The largest absolute Gasteiger partial charge is 0.487 e. The third kappa shape index (κ3) is 7.28. The van der Waals surface area contributed by atoms with Gasteiger partial charge in [-0.15, -0.1) is 24.0 Å². The molecule has 1 aliphatic heterocycles. The highest BCUT2D eigenvalue weighted by Crippen LogP contribution is 2.21. The van der Waals surface area contributed by atoms with Crippen LogP contribution in [-0.4, -0.2) is 41.6 Å². The average molecular weight is 576 g/mol. The van der Waals surface area contributed by atoms with E-state index in [9.17, 15) is 4.39 Å². The van der Waals surface area contributed by atoms with Crippen LogP contribution in [0.4, 0.5) is 10.2 Å². The van der Waals surface area contributed by atoms with Crippen molar-refractivity contribution in [3.63, 3.8) is 0 Å². The number of aromatic nitrogens is 2. The quantitative estimate of drug-likeness (QED) is 0.239. The van der Waals surface area contributed by atoms with Gasteiger partial charge in [-0.1, -0.05) is 18.2 Å². The highest BCUT2D eigenvalue weighted by molar-refractivity contribution is 14.0. The standard InChI is InChI=1S/C25H29FN6O.HI/c1-2-27-25(31-20-11-14-32(17-20)24-23(26)10-6-13-29-24)30-16-19-7-5-9-22(15-19)33-18-21-8-3-4-12-28-21;/h3-10,12-13,15,20H,2,11,14,16-18H2,1H3,(H2,27,30,31);1H. The SMILES string of the molecule is CCNC(=NCc1cccc(OCc2ccccn2)c1)NC1CCN(c2ncccc2F)C1.I. The molecule has 34 heavy (non-hydrogen) atoms. The number of hydrogen-bond donors (Lipinski definition) is 2. The van der Waals surface area contributed by atoms with Crippen molar-refractivity contribution in [2.75, 3.05) is 24.5 Å². The number of aliphatic imine (C=N–C) groups is 1. The average Bonchev–Trinajstić information content (AvgIpc) is 3.31. The molecule has 0 saturated carbocycles. The number of nitrogens with one attached hydrogen (secondary N) is 2. The highest BCUT2D eigenvalue weighted by atomic mass is 127. The minimum Gasteiger partial charge on any atom is -0.487 e. The second kappa shape index (κ2) is 13.1. The Labute approximate surface area is 216 Å². The first-order valence-corrected chi connectivity index (χ1v) is 11.2. The molecule has 180 valence electrons. The maximum atomic E-state index is 14.1. The topological polar surface area (TPSA) is 74.7 Å². The zero-order chi connectivity index (χ0) is 22.9. The first-order chi connectivity index (χ1) is 16.2. The van der Waals surface area contributed by atoms with Crippen LogP contribution in [0.2, 0.25) is 0 Å². The molecule has 0 radical (unpaired) electrons. The molecule has 3 aromatic rings. The van der Waals surface area contributed by atoms with E-state index in [2.05, 4.69) is 20.6 Å². The molecule has 1 atom stereocenters. The number of guanidine groups is 1. The van der Waals surface area contributed by atoms with Crippen LogP contribution in [0.5, 0.6) is 5.75 Å². The monoisotopic (exact) mass is 576 g/mol. The minimum absolute atomic E-state index is 0. The summed E-state index contributed by atoms with van der Waals surface area (Å²) in [6.45, 7) is 5.15. The van der Waals surface area contributed by atoms with E-state index in [0.29, 0.717) is 25.5 Å². The van der Waals surface area contributed by atoms with Crippen molar-refractivity contribution in [3.8, 4) is 5.75 Å².